The standard InChI is InChI=1S/C21H26O3/c1-21(2,3)20(22)13-12-16-8-7-9-17(14-16)15-24-19-11-6-5-10-18(19)23-4/h5-11,14H,12-13,15H2,1-4H3. The van der Waals surface area contributed by atoms with Crippen LogP contribution in [0.5, 0.6) is 11.5 Å². The van der Waals surface area contributed by atoms with E-state index in [0.29, 0.717) is 13.0 Å². The summed E-state index contributed by atoms with van der Waals surface area (Å²) in [5.74, 6) is 1.75. The second-order valence-corrected chi connectivity index (χ2v) is 6.93. The summed E-state index contributed by atoms with van der Waals surface area (Å²) in [6.07, 6.45) is 1.33. The molecule has 0 saturated carbocycles. The van der Waals surface area contributed by atoms with Gasteiger partial charge in [-0.2, -0.15) is 0 Å². The first kappa shape index (κ1) is 18.1. The molecule has 2 rings (SSSR count). The Hall–Kier alpha value is -2.29. The SMILES string of the molecule is COc1ccccc1OCc1cccc(CCC(=O)C(C)(C)C)c1. The van der Waals surface area contributed by atoms with Crippen LogP contribution in [0.4, 0.5) is 0 Å². The lowest BCUT2D eigenvalue weighted by Crippen LogP contribution is -2.20. The molecule has 0 heterocycles. The number of carbonyl (C=O) groups is 1. The van der Waals surface area contributed by atoms with Gasteiger partial charge in [0.1, 0.15) is 12.4 Å². The van der Waals surface area contributed by atoms with Crippen molar-refractivity contribution in [2.24, 2.45) is 5.41 Å². The first-order chi connectivity index (χ1) is 11.4. The van der Waals surface area contributed by atoms with Crippen molar-refractivity contribution in [2.45, 2.75) is 40.2 Å². The number of para-hydroxylation sites is 2. The van der Waals surface area contributed by atoms with Crippen LogP contribution in [-0.4, -0.2) is 12.9 Å². The van der Waals surface area contributed by atoms with Gasteiger partial charge in [0.15, 0.2) is 11.5 Å². The lowest BCUT2D eigenvalue weighted by Gasteiger charge is -2.16. The van der Waals surface area contributed by atoms with Crippen molar-refractivity contribution in [2.75, 3.05) is 7.11 Å². The van der Waals surface area contributed by atoms with E-state index in [1.165, 1.54) is 0 Å². The number of ketones is 1. The number of hydrogen-bond donors (Lipinski definition) is 0. The third-order valence-corrected chi connectivity index (χ3v) is 3.93. The summed E-state index contributed by atoms with van der Waals surface area (Å²) >= 11 is 0. The predicted octanol–water partition coefficient (Wildman–Crippen LogP) is 4.82. The molecule has 0 aliphatic carbocycles. The lowest BCUT2D eigenvalue weighted by molar-refractivity contribution is -0.126. The van der Waals surface area contributed by atoms with Crippen molar-refractivity contribution in [1.82, 2.24) is 0 Å². The van der Waals surface area contributed by atoms with Crippen molar-refractivity contribution in [3.63, 3.8) is 0 Å². The average Bonchev–Trinajstić information content (AvgIpc) is 2.57. The van der Waals surface area contributed by atoms with Crippen molar-refractivity contribution in [3.05, 3.63) is 59.7 Å². The first-order valence-corrected chi connectivity index (χ1v) is 8.27. The van der Waals surface area contributed by atoms with Gasteiger partial charge in [-0.15, -0.1) is 0 Å². The molecule has 0 aromatic heterocycles. The zero-order valence-corrected chi connectivity index (χ0v) is 15.0. The van der Waals surface area contributed by atoms with E-state index in [2.05, 4.69) is 12.1 Å². The first-order valence-electron chi connectivity index (χ1n) is 8.27. The summed E-state index contributed by atoms with van der Waals surface area (Å²) in [6.45, 7) is 6.37. The van der Waals surface area contributed by atoms with Crippen molar-refractivity contribution in [1.29, 1.82) is 0 Å². The minimum Gasteiger partial charge on any atom is -0.493 e. The summed E-state index contributed by atoms with van der Waals surface area (Å²) in [5, 5.41) is 0. The molecule has 2 aromatic carbocycles. The molecule has 0 aliphatic heterocycles. The van der Waals surface area contributed by atoms with E-state index in [1.807, 2.05) is 57.2 Å². The minimum absolute atomic E-state index is 0.273. The van der Waals surface area contributed by atoms with Gasteiger partial charge in [-0.05, 0) is 29.7 Å². The summed E-state index contributed by atoms with van der Waals surface area (Å²) in [5.41, 5.74) is 1.97. The number of ether oxygens (including phenoxy) is 2. The molecule has 0 fully saturated rings. The van der Waals surface area contributed by atoms with Crippen molar-refractivity contribution < 1.29 is 14.3 Å². The molecule has 0 amide bonds. The minimum atomic E-state index is -0.273. The van der Waals surface area contributed by atoms with Gasteiger partial charge >= 0.3 is 0 Å². The van der Waals surface area contributed by atoms with E-state index in [4.69, 9.17) is 9.47 Å². The van der Waals surface area contributed by atoms with Gasteiger partial charge in [0.2, 0.25) is 0 Å². The van der Waals surface area contributed by atoms with E-state index < -0.39 is 0 Å². The molecule has 2 aromatic rings. The number of methoxy groups -OCH3 is 1. The number of aryl methyl sites for hydroxylation is 1. The number of hydrogen-bond acceptors (Lipinski definition) is 3. The fourth-order valence-corrected chi connectivity index (χ4v) is 2.41. The maximum absolute atomic E-state index is 12.1. The van der Waals surface area contributed by atoms with Gasteiger partial charge in [-0.1, -0.05) is 57.2 Å². The van der Waals surface area contributed by atoms with Crippen molar-refractivity contribution >= 4 is 5.78 Å². The van der Waals surface area contributed by atoms with Crippen LogP contribution in [0, 0.1) is 5.41 Å². The van der Waals surface area contributed by atoms with Crippen LogP contribution >= 0.6 is 0 Å². The van der Waals surface area contributed by atoms with Gasteiger partial charge < -0.3 is 9.47 Å². The summed E-state index contributed by atoms with van der Waals surface area (Å²) in [6, 6.07) is 15.8. The molecule has 0 spiro atoms. The molecule has 0 radical (unpaired) electrons. The highest BCUT2D eigenvalue weighted by Crippen LogP contribution is 2.26. The van der Waals surface area contributed by atoms with Crippen LogP contribution in [0.2, 0.25) is 0 Å². The van der Waals surface area contributed by atoms with Gasteiger partial charge in [-0.25, -0.2) is 0 Å². The largest absolute Gasteiger partial charge is 0.493 e. The monoisotopic (exact) mass is 326 g/mol. The molecule has 0 N–H and O–H groups in total. The second kappa shape index (κ2) is 8.00. The maximum Gasteiger partial charge on any atom is 0.161 e. The fraction of sp³-hybridized carbons (Fsp3) is 0.381. The Morgan fingerprint density at radius 1 is 0.958 bits per heavy atom. The number of Topliss-reactive ketones (excluding diaryl/α,β-unsaturated/α-hetero) is 1. The van der Waals surface area contributed by atoms with Gasteiger partial charge in [-0.3, -0.25) is 4.79 Å². The Balaban J connectivity index is 1.96. The molecule has 0 aliphatic rings. The highest BCUT2D eigenvalue weighted by atomic mass is 16.5. The Bertz CT molecular complexity index is 683. The van der Waals surface area contributed by atoms with E-state index in [-0.39, 0.29) is 11.2 Å². The third kappa shape index (κ3) is 5.12. The highest BCUT2D eigenvalue weighted by molar-refractivity contribution is 5.83. The highest BCUT2D eigenvalue weighted by Gasteiger charge is 2.20. The predicted molar refractivity (Wildman–Crippen MR) is 96.6 cm³/mol. The summed E-state index contributed by atoms with van der Waals surface area (Å²) < 4.78 is 11.1. The molecular weight excluding hydrogens is 300 g/mol. The van der Waals surface area contributed by atoms with Crippen LogP contribution in [-0.2, 0) is 17.8 Å². The number of benzene rings is 2. The van der Waals surface area contributed by atoms with Gasteiger partial charge in [0, 0.05) is 11.8 Å². The molecule has 0 unspecified atom stereocenters. The van der Waals surface area contributed by atoms with Crippen LogP contribution in [0.15, 0.2) is 48.5 Å². The van der Waals surface area contributed by atoms with Gasteiger partial charge in [0.25, 0.3) is 0 Å². The summed E-state index contributed by atoms with van der Waals surface area (Å²) in [4.78, 5) is 12.1. The quantitative estimate of drug-likeness (QED) is 0.731. The molecule has 24 heavy (non-hydrogen) atoms. The lowest BCUT2D eigenvalue weighted by atomic mass is 9.87. The van der Waals surface area contributed by atoms with Crippen LogP contribution in [0.1, 0.15) is 38.3 Å². The zero-order chi connectivity index (χ0) is 17.6. The molecule has 3 heteroatoms. The molecule has 0 bridgehead atoms. The molecule has 0 atom stereocenters. The van der Waals surface area contributed by atoms with Crippen LogP contribution in [0.3, 0.4) is 0 Å². The van der Waals surface area contributed by atoms with Gasteiger partial charge in [0.05, 0.1) is 7.11 Å². The number of rotatable bonds is 7. The molecule has 0 saturated heterocycles. The second-order valence-electron chi connectivity index (χ2n) is 6.93. The smallest absolute Gasteiger partial charge is 0.161 e. The topological polar surface area (TPSA) is 35.5 Å². The van der Waals surface area contributed by atoms with Crippen LogP contribution < -0.4 is 9.47 Å². The van der Waals surface area contributed by atoms with Crippen molar-refractivity contribution in [3.8, 4) is 11.5 Å². The fourth-order valence-electron chi connectivity index (χ4n) is 2.41. The normalized spacial score (nSPS) is 11.2. The maximum atomic E-state index is 12.1. The third-order valence-electron chi connectivity index (χ3n) is 3.93. The van der Waals surface area contributed by atoms with Crippen LogP contribution in [0.25, 0.3) is 0 Å². The van der Waals surface area contributed by atoms with E-state index in [9.17, 15) is 4.79 Å². The average molecular weight is 326 g/mol. The van der Waals surface area contributed by atoms with E-state index in [1.54, 1.807) is 7.11 Å². The van der Waals surface area contributed by atoms with E-state index in [0.717, 1.165) is 29.0 Å². The molecule has 128 valence electrons. The Labute approximate surface area is 144 Å². The molecular formula is C21H26O3. The Morgan fingerprint density at radius 3 is 2.29 bits per heavy atom. The zero-order valence-electron chi connectivity index (χ0n) is 15.0. The Morgan fingerprint density at radius 2 is 1.62 bits per heavy atom. The summed E-state index contributed by atoms with van der Waals surface area (Å²) in [7, 11) is 1.63. The Kier molecular flexibility index (Phi) is 6.02. The van der Waals surface area contributed by atoms with E-state index >= 15 is 0 Å². The number of carbonyl (C=O) groups excluding carboxylic acids is 1. The molecule has 3 nitrogen and oxygen atoms in total.